The Balaban J connectivity index is 2.83. The molecule has 5 heavy (non-hydrogen) atoms. The van der Waals surface area contributed by atoms with Crippen LogP contribution in [0.3, 0.4) is 0 Å². The summed E-state index contributed by atoms with van der Waals surface area (Å²) in [6.45, 7) is 4.12. The van der Waals surface area contributed by atoms with Gasteiger partial charge in [-0.05, 0) is 0 Å². The summed E-state index contributed by atoms with van der Waals surface area (Å²) in [5.74, 6) is 0. The summed E-state index contributed by atoms with van der Waals surface area (Å²) in [5, 5.41) is 0. The van der Waals surface area contributed by atoms with Crippen LogP contribution in [0, 0.1) is 0 Å². The van der Waals surface area contributed by atoms with Crippen LogP contribution in [-0.2, 0) is 19.6 Å². The van der Waals surface area contributed by atoms with Gasteiger partial charge in [0.2, 0.25) is 0 Å². The Labute approximate surface area is 43.5 Å². The van der Waals surface area contributed by atoms with E-state index >= 15 is 0 Å². The molecule has 0 saturated heterocycles. The van der Waals surface area contributed by atoms with Gasteiger partial charge in [0.15, 0.2) is 0 Å². The molecule has 1 nitrogen and oxygen atoms in total. The molecule has 0 fully saturated rings. The average molecular weight is 153 g/mol. The summed E-state index contributed by atoms with van der Waals surface area (Å²) < 4.78 is 3.90. The Bertz CT molecular complexity index is 33.9. The van der Waals surface area contributed by atoms with E-state index in [-0.39, 0.29) is 0 Å². The van der Waals surface area contributed by atoms with Crippen molar-refractivity contribution in [3.63, 3.8) is 0 Å². The van der Waals surface area contributed by atoms with Gasteiger partial charge >= 0.3 is 43.0 Å². The molecule has 0 aromatic carbocycles. The van der Waals surface area contributed by atoms with Crippen molar-refractivity contribution in [1.29, 1.82) is 0 Å². The van der Waals surface area contributed by atoms with E-state index in [0.29, 0.717) is 6.04 Å². The van der Waals surface area contributed by atoms with Crippen LogP contribution >= 0.6 is 0 Å². The molecular weight excluding hydrogens is 146 g/mol. The molecule has 0 rings (SSSR count). The van der Waals surface area contributed by atoms with E-state index in [2.05, 4.69) is 17.3 Å². The molecule has 0 N–H and O–H groups in total. The summed E-state index contributed by atoms with van der Waals surface area (Å²) in [5.41, 5.74) is 0. The Morgan fingerprint density at radius 3 is 1.80 bits per heavy atom. The minimum absolute atomic E-state index is 0.514. The van der Waals surface area contributed by atoms with Gasteiger partial charge in [-0.15, -0.1) is 0 Å². The molecule has 0 saturated carbocycles. The van der Waals surface area contributed by atoms with E-state index in [1.807, 2.05) is 0 Å². The molecule has 0 bridgehead atoms. The molecule has 0 aromatic rings. The molecule has 2 heteroatoms. The monoisotopic (exact) mass is 155 g/mol. The van der Waals surface area contributed by atoms with Gasteiger partial charge in [0.25, 0.3) is 0 Å². The molecule has 0 unspecified atom stereocenters. The number of hydrogen-bond acceptors (Lipinski definition) is 1. The second-order valence-electron chi connectivity index (χ2n) is 1.20. The summed E-state index contributed by atoms with van der Waals surface area (Å²) in [4.78, 5) is 0. The SMILES string of the molecule is CC(C)[N]=[Mo]. The summed E-state index contributed by atoms with van der Waals surface area (Å²) >= 11 is 1.76. The zero-order valence-corrected chi connectivity index (χ0v) is 5.44. The Morgan fingerprint density at radius 2 is 1.80 bits per heavy atom. The summed E-state index contributed by atoms with van der Waals surface area (Å²) in [6.07, 6.45) is 0. The van der Waals surface area contributed by atoms with Crippen LogP contribution in [-0.4, -0.2) is 6.04 Å². The molecule has 30 valence electrons. The summed E-state index contributed by atoms with van der Waals surface area (Å²) in [7, 11) is 0. The van der Waals surface area contributed by atoms with Crippen LogP contribution in [0.1, 0.15) is 13.8 Å². The first-order valence-electron chi connectivity index (χ1n) is 1.60. The first-order chi connectivity index (χ1) is 2.27. The van der Waals surface area contributed by atoms with Crippen molar-refractivity contribution in [1.82, 2.24) is 0 Å². The molecule has 0 aromatic heterocycles. The molecule has 0 atom stereocenters. The predicted octanol–water partition coefficient (Wildman–Crippen LogP) is 1.13. The fourth-order valence-corrected chi connectivity index (χ4v) is 0. The van der Waals surface area contributed by atoms with Gasteiger partial charge in [-0.1, -0.05) is 0 Å². The Hall–Kier alpha value is 0.488. The third kappa shape index (κ3) is 4.49. The van der Waals surface area contributed by atoms with E-state index in [1.54, 1.807) is 19.6 Å². The molecule has 0 radical (unpaired) electrons. The number of nitrogens with zero attached hydrogens (tertiary/aromatic N) is 1. The van der Waals surface area contributed by atoms with E-state index in [0.717, 1.165) is 0 Å². The Kier molecular flexibility index (Phi) is 2.98. The van der Waals surface area contributed by atoms with Crippen LogP contribution in [0.15, 0.2) is 3.50 Å². The standard InChI is InChI=1S/C3H7N.Mo/c1-3(2)4;/h3H,1-2H3;. The van der Waals surface area contributed by atoms with Gasteiger partial charge in [-0.3, -0.25) is 0 Å². The van der Waals surface area contributed by atoms with Crippen LogP contribution in [0.5, 0.6) is 0 Å². The van der Waals surface area contributed by atoms with Gasteiger partial charge in [-0.25, -0.2) is 0 Å². The second kappa shape index (κ2) is 2.71. The van der Waals surface area contributed by atoms with Crippen molar-refractivity contribution < 1.29 is 19.6 Å². The maximum absolute atomic E-state index is 3.90. The molecule has 0 aliphatic rings. The van der Waals surface area contributed by atoms with Gasteiger partial charge in [0, 0.05) is 0 Å². The zero-order valence-electron chi connectivity index (χ0n) is 3.43. The van der Waals surface area contributed by atoms with Crippen molar-refractivity contribution in [3.05, 3.63) is 0 Å². The Morgan fingerprint density at radius 1 is 1.60 bits per heavy atom. The van der Waals surface area contributed by atoms with Crippen molar-refractivity contribution in [2.24, 2.45) is 3.50 Å². The molecule has 0 aliphatic heterocycles. The third-order valence-electron chi connectivity index (χ3n) is 0.211. The van der Waals surface area contributed by atoms with Gasteiger partial charge in [0.1, 0.15) is 0 Å². The van der Waals surface area contributed by atoms with E-state index < -0.39 is 0 Å². The van der Waals surface area contributed by atoms with Gasteiger partial charge < -0.3 is 0 Å². The average Bonchev–Trinajstić information content (AvgIpc) is 1.38. The maximum atomic E-state index is 3.90. The second-order valence-corrected chi connectivity index (χ2v) is 1.72. The normalized spacial score (nSPS) is 8.60. The van der Waals surface area contributed by atoms with E-state index in [1.165, 1.54) is 0 Å². The number of hydrogen-bond donors (Lipinski definition) is 0. The first kappa shape index (κ1) is 5.49. The van der Waals surface area contributed by atoms with Crippen LogP contribution in [0.4, 0.5) is 0 Å². The third-order valence-corrected chi connectivity index (χ3v) is 1.25. The van der Waals surface area contributed by atoms with Crippen molar-refractivity contribution in [3.8, 4) is 0 Å². The topological polar surface area (TPSA) is 12.4 Å². The molecule has 0 heterocycles. The summed E-state index contributed by atoms with van der Waals surface area (Å²) in [6, 6.07) is 0.514. The van der Waals surface area contributed by atoms with Crippen LogP contribution in [0.2, 0.25) is 0 Å². The quantitative estimate of drug-likeness (QED) is 0.500. The van der Waals surface area contributed by atoms with Gasteiger partial charge in [0.05, 0.1) is 0 Å². The molecule has 0 amide bonds. The van der Waals surface area contributed by atoms with Crippen molar-refractivity contribution >= 4 is 0 Å². The van der Waals surface area contributed by atoms with Crippen LogP contribution < -0.4 is 0 Å². The first-order valence-corrected chi connectivity index (χ1v) is 2.49. The van der Waals surface area contributed by atoms with Crippen LogP contribution in [0.25, 0.3) is 0 Å². The van der Waals surface area contributed by atoms with E-state index in [9.17, 15) is 0 Å². The van der Waals surface area contributed by atoms with E-state index in [4.69, 9.17) is 0 Å². The fraction of sp³-hybridized carbons (Fsp3) is 1.00. The zero-order chi connectivity index (χ0) is 4.28. The van der Waals surface area contributed by atoms with Gasteiger partial charge in [-0.2, -0.15) is 0 Å². The molecular formula is C3H7MoN. The minimum atomic E-state index is 0.514. The predicted molar refractivity (Wildman–Crippen MR) is 17.6 cm³/mol. The van der Waals surface area contributed by atoms with Crippen molar-refractivity contribution in [2.45, 2.75) is 19.9 Å². The molecule has 0 aliphatic carbocycles. The fourth-order valence-electron chi connectivity index (χ4n) is 0. The number of rotatable bonds is 1. The van der Waals surface area contributed by atoms with Crippen molar-refractivity contribution in [2.75, 3.05) is 0 Å². The molecule has 0 spiro atoms.